The second-order valence-corrected chi connectivity index (χ2v) is 4.11. The molecule has 1 nitrogen and oxygen atoms in total. The molecular weight excluding hydrogens is 235 g/mol. The Morgan fingerprint density at radius 2 is 1.93 bits per heavy atom. The molecule has 0 spiro atoms. The van der Waals surface area contributed by atoms with Crippen LogP contribution in [0.15, 0.2) is 23.1 Å². The number of alkyl halides is 3. The van der Waals surface area contributed by atoms with E-state index < -0.39 is 11.9 Å². The van der Waals surface area contributed by atoms with Crippen LogP contribution in [0, 0.1) is 0 Å². The molecule has 78 valence electrons. The predicted molar refractivity (Wildman–Crippen MR) is 52.6 cm³/mol. The van der Waals surface area contributed by atoms with Crippen LogP contribution in [0.25, 0.3) is 0 Å². The van der Waals surface area contributed by atoms with Crippen molar-refractivity contribution in [2.45, 2.75) is 11.1 Å². The van der Waals surface area contributed by atoms with E-state index in [4.69, 9.17) is 17.3 Å². The smallest absolute Gasteiger partial charge is 0.398 e. The summed E-state index contributed by atoms with van der Waals surface area (Å²) in [5, 5.41) is 0.342. The van der Waals surface area contributed by atoms with Gasteiger partial charge in [0.1, 0.15) is 0 Å². The van der Waals surface area contributed by atoms with Crippen LogP contribution in [0.4, 0.5) is 18.9 Å². The highest BCUT2D eigenvalue weighted by Crippen LogP contribution is 2.30. The van der Waals surface area contributed by atoms with E-state index in [1.54, 1.807) is 0 Å². The first-order valence-electron chi connectivity index (χ1n) is 3.62. The molecule has 0 aliphatic carbocycles. The number of hydrogen-bond acceptors (Lipinski definition) is 2. The van der Waals surface area contributed by atoms with E-state index in [0.29, 0.717) is 27.4 Å². The maximum Gasteiger partial charge on any atom is 0.398 e. The fourth-order valence-electron chi connectivity index (χ4n) is 0.833. The van der Waals surface area contributed by atoms with Crippen LogP contribution in [-0.4, -0.2) is 11.9 Å². The van der Waals surface area contributed by atoms with Gasteiger partial charge in [-0.05, 0) is 18.2 Å². The number of halogens is 4. The van der Waals surface area contributed by atoms with Gasteiger partial charge >= 0.3 is 6.18 Å². The average molecular weight is 242 g/mol. The van der Waals surface area contributed by atoms with Crippen molar-refractivity contribution in [3.05, 3.63) is 23.2 Å². The molecule has 0 saturated carbocycles. The Morgan fingerprint density at radius 1 is 1.29 bits per heavy atom. The monoisotopic (exact) mass is 241 g/mol. The van der Waals surface area contributed by atoms with Gasteiger partial charge in [-0.15, -0.1) is 11.8 Å². The molecule has 0 amide bonds. The largest absolute Gasteiger partial charge is 0.399 e. The third-order valence-electron chi connectivity index (χ3n) is 1.30. The first kappa shape index (κ1) is 11.5. The summed E-state index contributed by atoms with van der Waals surface area (Å²) in [6.07, 6.45) is -4.18. The lowest BCUT2D eigenvalue weighted by Gasteiger charge is -2.06. The third-order valence-corrected chi connectivity index (χ3v) is 2.56. The normalized spacial score (nSPS) is 11.7. The fourth-order valence-corrected chi connectivity index (χ4v) is 1.90. The van der Waals surface area contributed by atoms with Crippen molar-refractivity contribution >= 4 is 29.1 Å². The number of anilines is 1. The SMILES string of the molecule is Nc1cc(Cl)cc(SCC(F)(F)F)c1. The second-order valence-electron chi connectivity index (χ2n) is 2.62. The zero-order valence-electron chi connectivity index (χ0n) is 6.94. The standard InChI is InChI=1S/C8H7ClF3NS/c9-5-1-6(13)3-7(2-5)14-4-8(10,11)12/h1-3H,4,13H2. The van der Waals surface area contributed by atoms with Crippen LogP contribution >= 0.6 is 23.4 Å². The molecule has 1 aromatic carbocycles. The zero-order valence-corrected chi connectivity index (χ0v) is 8.51. The Labute approximate surface area is 88.4 Å². The van der Waals surface area contributed by atoms with E-state index in [1.165, 1.54) is 18.2 Å². The quantitative estimate of drug-likeness (QED) is 0.633. The predicted octanol–water partition coefficient (Wildman–Crippen LogP) is 3.58. The van der Waals surface area contributed by atoms with Gasteiger partial charge in [-0.1, -0.05) is 11.6 Å². The molecule has 1 aromatic rings. The highest BCUT2D eigenvalue weighted by Gasteiger charge is 2.27. The molecule has 0 fully saturated rings. The van der Waals surface area contributed by atoms with Crippen LogP contribution < -0.4 is 5.73 Å². The van der Waals surface area contributed by atoms with Crippen molar-refractivity contribution in [3.8, 4) is 0 Å². The van der Waals surface area contributed by atoms with E-state index >= 15 is 0 Å². The molecular formula is C8H7ClF3NS. The third kappa shape index (κ3) is 4.11. The molecule has 0 radical (unpaired) electrons. The molecule has 0 unspecified atom stereocenters. The van der Waals surface area contributed by atoms with Gasteiger partial charge in [-0.25, -0.2) is 0 Å². The molecule has 6 heteroatoms. The fraction of sp³-hybridized carbons (Fsp3) is 0.250. The maximum atomic E-state index is 11.9. The van der Waals surface area contributed by atoms with E-state index in [1.807, 2.05) is 0 Å². The van der Waals surface area contributed by atoms with E-state index in [-0.39, 0.29) is 0 Å². The highest BCUT2D eigenvalue weighted by molar-refractivity contribution is 7.99. The van der Waals surface area contributed by atoms with Crippen LogP contribution in [0.1, 0.15) is 0 Å². The molecule has 1 rings (SSSR count). The number of benzene rings is 1. The van der Waals surface area contributed by atoms with Gasteiger partial charge in [0, 0.05) is 15.6 Å². The lowest BCUT2D eigenvalue weighted by atomic mass is 10.3. The average Bonchev–Trinajstić information content (AvgIpc) is 1.97. The van der Waals surface area contributed by atoms with E-state index in [2.05, 4.69) is 0 Å². The van der Waals surface area contributed by atoms with Gasteiger partial charge < -0.3 is 5.73 Å². The number of nitrogen functional groups attached to an aromatic ring is 1. The maximum absolute atomic E-state index is 11.9. The zero-order chi connectivity index (χ0) is 10.8. The van der Waals surface area contributed by atoms with Crippen LogP contribution in [0.2, 0.25) is 5.02 Å². The summed E-state index contributed by atoms with van der Waals surface area (Å²) >= 11 is 6.29. The summed E-state index contributed by atoms with van der Waals surface area (Å²) in [7, 11) is 0. The summed E-state index contributed by atoms with van der Waals surface area (Å²) in [5.74, 6) is -0.938. The minimum atomic E-state index is -4.18. The Hall–Kier alpha value is -0.550. The van der Waals surface area contributed by atoms with Gasteiger partial charge in [0.2, 0.25) is 0 Å². The molecule has 0 aromatic heterocycles. The topological polar surface area (TPSA) is 26.0 Å². The molecule has 2 N–H and O–H groups in total. The number of nitrogens with two attached hydrogens (primary N) is 1. The Balaban J connectivity index is 2.68. The molecule has 0 aliphatic heterocycles. The van der Waals surface area contributed by atoms with Crippen LogP contribution in [0.3, 0.4) is 0 Å². The van der Waals surface area contributed by atoms with Crippen LogP contribution in [-0.2, 0) is 0 Å². The molecule has 0 aliphatic rings. The summed E-state index contributed by atoms with van der Waals surface area (Å²) in [6.45, 7) is 0. The minimum absolute atomic E-state index is 0.342. The Bertz CT molecular complexity index is 307. The van der Waals surface area contributed by atoms with Crippen molar-refractivity contribution in [2.24, 2.45) is 0 Å². The van der Waals surface area contributed by atoms with E-state index in [9.17, 15) is 13.2 Å². The second kappa shape index (κ2) is 4.31. The van der Waals surface area contributed by atoms with Crippen molar-refractivity contribution in [3.63, 3.8) is 0 Å². The number of rotatable bonds is 2. The Kier molecular flexibility index (Phi) is 3.55. The van der Waals surface area contributed by atoms with Crippen molar-refractivity contribution in [2.75, 3.05) is 11.5 Å². The summed E-state index contributed by atoms with van der Waals surface area (Å²) in [4.78, 5) is 0.423. The van der Waals surface area contributed by atoms with Gasteiger partial charge in [-0.2, -0.15) is 13.2 Å². The summed E-state index contributed by atoms with van der Waals surface area (Å²) < 4.78 is 35.6. The minimum Gasteiger partial charge on any atom is -0.399 e. The van der Waals surface area contributed by atoms with Gasteiger partial charge in [0.05, 0.1) is 5.75 Å². The molecule has 0 saturated heterocycles. The van der Waals surface area contributed by atoms with Gasteiger partial charge in [0.15, 0.2) is 0 Å². The van der Waals surface area contributed by atoms with Gasteiger partial charge in [-0.3, -0.25) is 0 Å². The molecule has 0 bridgehead atoms. The molecule has 0 heterocycles. The van der Waals surface area contributed by atoms with Crippen molar-refractivity contribution < 1.29 is 13.2 Å². The first-order chi connectivity index (χ1) is 6.37. The van der Waals surface area contributed by atoms with Gasteiger partial charge in [0.25, 0.3) is 0 Å². The van der Waals surface area contributed by atoms with E-state index in [0.717, 1.165) is 0 Å². The molecule has 14 heavy (non-hydrogen) atoms. The number of thioether (sulfide) groups is 1. The van der Waals surface area contributed by atoms with Crippen LogP contribution in [0.5, 0.6) is 0 Å². The lowest BCUT2D eigenvalue weighted by molar-refractivity contribution is -0.105. The summed E-state index contributed by atoms with van der Waals surface area (Å²) in [6, 6.07) is 4.40. The lowest BCUT2D eigenvalue weighted by Crippen LogP contribution is -2.10. The van der Waals surface area contributed by atoms with Crippen molar-refractivity contribution in [1.29, 1.82) is 0 Å². The molecule has 0 atom stereocenters. The Morgan fingerprint density at radius 3 is 2.43 bits per heavy atom. The van der Waals surface area contributed by atoms with Crippen molar-refractivity contribution in [1.82, 2.24) is 0 Å². The summed E-state index contributed by atoms with van der Waals surface area (Å²) in [5.41, 5.74) is 5.78. The first-order valence-corrected chi connectivity index (χ1v) is 4.99. The number of hydrogen-bond donors (Lipinski definition) is 1. The highest BCUT2D eigenvalue weighted by atomic mass is 35.5.